The lowest BCUT2D eigenvalue weighted by Gasteiger charge is -2.42. The molecule has 0 radical (unpaired) electrons. The predicted molar refractivity (Wildman–Crippen MR) is 237 cm³/mol. The number of nitrogens with zero attached hydrogens (tertiary/aromatic N) is 3. The number of halogens is 2. The van der Waals surface area contributed by atoms with Crippen LogP contribution in [0.25, 0.3) is 11.3 Å². The average Bonchev–Trinajstić information content (AvgIpc) is 3.77. The van der Waals surface area contributed by atoms with E-state index in [0.717, 1.165) is 47.2 Å². The van der Waals surface area contributed by atoms with Crippen molar-refractivity contribution in [2.45, 2.75) is 84.1 Å². The van der Waals surface area contributed by atoms with Gasteiger partial charge in [0.05, 0.1) is 44.2 Å². The summed E-state index contributed by atoms with van der Waals surface area (Å²) < 4.78 is 52.4. The van der Waals surface area contributed by atoms with Crippen LogP contribution in [0, 0.1) is 17.0 Å². The van der Waals surface area contributed by atoms with Gasteiger partial charge in [-0.3, -0.25) is 9.59 Å². The van der Waals surface area contributed by atoms with E-state index < -0.39 is 29.1 Å². The van der Waals surface area contributed by atoms with Crippen molar-refractivity contribution in [3.63, 3.8) is 0 Å². The molecule has 1 aliphatic carbocycles. The van der Waals surface area contributed by atoms with Gasteiger partial charge in [-0.25, -0.2) is 9.37 Å². The number of anilines is 1. The molecule has 7 rings (SSSR count). The fraction of sp³-hybridized carbons (Fsp3) is 0.511. The Kier molecular flexibility index (Phi) is 15.1. The van der Waals surface area contributed by atoms with Crippen LogP contribution in [0.15, 0.2) is 60.0 Å². The molecule has 334 valence electrons. The van der Waals surface area contributed by atoms with Gasteiger partial charge in [0.25, 0.3) is 0 Å². The van der Waals surface area contributed by atoms with Crippen LogP contribution in [0.3, 0.4) is 0 Å². The standard InChI is InChI=1S/C47H60F2N6O6S/c1-30(50-5)27-51-43(47(2,3)4)45(57)55-28-33-25-34(14-13-32(33)26-40(55)44(56)52-38-12-8-10-31-9-6-7-11-35(31)38)60-23-21-59-22-24-61-42-36(15-16-37(48)41(42)49)39-29-62-46(53-39)54-17-19-58-20-18-54/h6-7,9,11,13-16,25,29-30,38,40,43,50-51H,8,10,12,17-24,26-28H2,1-5H3,(H,52,56)/t30-,38+,40-,43+/m0/s1. The number of carbonyl (C=O) groups is 2. The van der Waals surface area contributed by atoms with Crippen molar-refractivity contribution in [2.75, 3.05) is 71.2 Å². The van der Waals surface area contributed by atoms with Crippen molar-refractivity contribution in [3.05, 3.63) is 93.9 Å². The minimum atomic E-state index is -1.07. The number of fused-ring (bicyclic) bond motifs is 2. The highest BCUT2D eigenvalue weighted by Crippen LogP contribution is 2.37. The van der Waals surface area contributed by atoms with Crippen LogP contribution in [0.4, 0.5) is 13.9 Å². The molecule has 3 heterocycles. The van der Waals surface area contributed by atoms with Crippen LogP contribution in [0.2, 0.25) is 0 Å². The summed E-state index contributed by atoms with van der Waals surface area (Å²) in [6.07, 6.45) is 3.20. The summed E-state index contributed by atoms with van der Waals surface area (Å²) in [6.45, 7) is 12.2. The topological polar surface area (TPSA) is 127 Å². The smallest absolute Gasteiger partial charge is 0.243 e. The minimum absolute atomic E-state index is 0.0170. The summed E-state index contributed by atoms with van der Waals surface area (Å²) in [5, 5.41) is 12.7. The predicted octanol–water partition coefficient (Wildman–Crippen LogP) is 6.46. The number of benzene rings is 3. The zero-order valence-corrected chi connectivity index (χ0v) is 37.3. The van der Waals surface area contributed by atoms with E-state index >= 15 is 4.39 Å². The van der Waals surface area contributed by atoms with E-state index in [1.54, 1.807) is 4.90 Å². The fourth-order valence-electron chi connectivity index (χ4n) is 8.30. The van der Waals surface area contributed by atoms with E-state index in [0.29, 0.717) is 56.3 Å². The van der Waals surface area contributed by atoms with Gasteiger partial charge in [0, 0.05) is 49.6 Å². The zero-order valence-electron chi connectivity index (χ0n) is 36.4. The lowest BCUT2D eigenvalue weighted by Crippen LogP contribution is -2.60. The molecule has 1 saturated heterocycles. The quantitative estimate of drug-likeness (QED) is 0.102. The molecule has 1 aromatic heterocycles. The number of carbonyl (C=O) groups excluding carboxylic acids is 2. The number of hydrogen-bond donors (Lipinski definition) is 3. The maximum absolute atomic E-state index is 15.0. The second-order valence-electron chi connectivity index (χ2n) is 17.3. The molecule has 62 heavy (non-hydrogen) atoms. The molecule has 15 heteroatoms. The summed E-state index contributed by atoms with van der Waals surface area (Å²) in [5.74, 6) is -1.95. The maximum atomic E-state index is 15.0. The Bertz CT molecular complexity index is 2160. The number of thiazole rings is 1. The molecule has 2 amide bonds. The third-order valence-corrected chi connectivity index (χ3v) is 12.8. The number of aryl methyl sites for hydroxylation is 1. The van der Waals surface area contributed by atoms with E-state index in [1.807, 2.05) is 63.5 Å². The van der Waals surface area contributed by atoms with E-state index in [2.05, 4.69) is 44.9 Å². The molecule has 3 N–H and O–H groups in total. The van der Waals surface area contributed by atoms with E-state index in [9.17, 15) is 14.0 Å². The number of hydrogen-bond acceptors (Lipinski definition) is 11. The first-order valence-electron chi connectivity index (χ1n) is 21.7. The Labute approximate surface area is 367 Å². The third-order valence-electron chi connectivity index (χ3n) is 11.9. The number of rotatable bonds is 17. The first-order chi connectivity index (χ1) is 29.9. The Balaban J connectivity index is 0.976. The average molecular weight is 875 g/mol. The summed E-state index contributed by atoms with van der Waals surface area (Å²) >= 11 is 1.43. The molecule has 2 aliphatic heterocycles. The largest absolute Gasteiger partial charge is 0.491 e. The van der Waals surface area contributed by atoms with Gasteiger partial charge < -0.3 is 44.7 Å². The molecule has 12 nitrogen and oxygen atoms in total. The number of likely N-dealkylation sites (N-methyl/N-ethyl adjacent to an activating group) is 1. The first-order valence-corrected chi connectivity index (χ1v) is 22.6. The van der Waals surface area contributed by atoms with E-state index in [-0.39, 0.29) is 62.6 Å². The summed E-state index contributed by atoms with van der Waals surface area (Å²) in [7, 11) is 1.89. The van der Waals surface area contributed by atoms with Crippen molar-refractivity contribution in [3.8, 4) is 22.8 Å². The van der Waals surface area contributed by atoms with Crippen molar-refractivity contribution >= 4 is 28.3 Å². The van der Waals surface area contributed by atoms with Crippen molar-refractivity contribution in [1.82, 2.24) is 25.8 Å². The summed E-state index contributed by atoms with van der Waals surface area (Å²) in [4.78, 5) is 37.5. The Morgan fingerprint density at radius 2 is 1.76 bits per heavy atom. The molecule has 0 spiro atoms. The van der Waals surface area contributed by atoms with Crippen molar-refractivity contribution < 1.29 is 37.3 Å². The molecule has 0 saturated carbocycles. The highest BCUT2D eigenvalue weighted by Gasteiger charge is 2.42. The molecule has 3 aromatic carbocycles. The van der Waals surface area contributed by atoms with Gasteiger partial charge in [-0.05, 0) is 85.2 Å². The number of ether oxygens (including phenoxy) is 4. The molecule has 4 aromatic rings. The molecule has 3 aliphatic rings. The van der Waals surface area contributed by atoms with Crippen LogP contribution >= 0.6 is 11.3 Å². The molecule has 0 unspecified atom stereocenters. The van der Waals surface area contributed by atoms with Crippen LogP contribution in [-0.2, 0) is 38.4 Å². The summed E-state index contributed by atoms with van der Waals surface area (Å²) in [5.41, 5.74) is 4.76. The van der Waals surface area contributed by atoms with Crippen LogP contribution in [-0.4, -0.2) is 106 Å². The lowest BCUT2D eigenvalue weighted by atomic mass is 9.83. The highest BCUT2D eigenvalue weighted by molar-refractivity contribution is 7.14. The second kappa shape index (κ2) is 20.7. The van der Waals surface area contributed by atoms with Gasteiger partial charge in [0.15, 0.2) is 16.7 Å². The van der Waals surface area contributed by atoms with Gasteiger partial charge in [0.1, 0.15) is 25.0 Å². The molecule has 1 fully saturated rings. The minimum Gasteiger partial charge on any atom is -0.491 e. The monoisotopic (exact) mass is 874 g/mol. The van der Waals surface area contributed by atoms with Gasteiger partial charge in [-0.15, -0.1) is 11.3 Å². The SMILES string of the molecule is CN[C@@H](C)CN[C@H](C(=O)N1Cc2cc(OCCOCCOc3c(-c4csc(N5CCOCC5)n4)ccc(F)c3F)ccc2C[C@H]1C(=O)N[C@@H]1CCCc2ccccc21)C(C)(C)C. The lowest BCUT2D eigenvalue weighted by molar-refractivity contribution is -0.146. The Morgan fingerprint density at radius 3 is 2.53 bits per heavy atom. The second-order valence-corrected chi connectivity index (χ2v) is 18.2. The highest BCUT2D eigenvalue weighted by atomic mass is 32.1. The van der Waals surface area contributed by atoms with Crippen LogP contribution < -0.4 is 30.3 Å². The normalized spacial score (nSPS) is 18.7. The van der Waals surface area contributed by atoms with Gasteiger partial charge >= 0.3 is 0 Å². The number of morpholine rings is 1. The number of aromatic nitrogens is 1. The van der Waals surface area contributed by atoms with E-state index in [1.165, 1.54) is 23.0 Å². The molecule has 0 bridgehead atoms. The third kappa shape index (κ3) is 10.9. The zero-order chi connectivity index (χ0) is 43.8. The van der Waals surface area contributed by atoms with Crippen molar-refractivity contribution in [1.29, 1.82) is 0 Å². The van der Waals surface area contributed by atoms with Crippen LogP contribution in [0.1, 0.15) is 68.8 Å². The van der Waals surface area contributed by atoms with Gasteiger partial charge in [0.2, 0.25) is 17.6 Å². The number of nitrogens with one attached hydrogen (secondary N) is 3. The Morgan fingerprint density at radius 1 is 0.984 bits per heavy atom. The first kappa shape index (κ1) is 45.4. The molecular formula is C47H60F2N6O6S. The summed E-state index contributed by atoms with van der Waals surface area (Å²) in [6, 6.07) is 15.4. The van der Waals surface area contributed by atoms with Crippen LogP contribution in [0.5, 0.6) is 11.5 Å². The fourth-order valence-corrected chi connectivity index (χ4v) is 9.18. The molecule has 4 atom stereocenters. The Hall–Kier alpha value is -4.67. The van der Waals surface area contributed by atoms with E-state index in [4.69, 9.17) is 18.9 Å². The van der Waals surface area contributed by atoms with Gasteiger partial charge in [-0.2, -0.15) is 4.39 Å². The number of amides is 2. The van der Waals surface area contributed by atoms with Crippen molar-refractivity contribution in [2.24, 2.45) is 5.41 Å². The molecular weight excluding hydrogens is 815 g/mol. The van der Waals surface area contributed by atoms with Gasteiger partial charge in [-0.1, -0.05) is 51.1 Å². The maximum Gasteiger partial charge on any atom is 0.243 e.